The lowest BCUT2D eigenvalue weighted by Gasteiger charge is -2.18. The van der Waals surface area contributed by atoms with Crippen LogP contribution in [0.15, 0.2) is 60.8 Å². The van der Waals surface area contributed by atoms with E-state index in [0.717, 1.165) is 19.3 Å². The smallest absolute Gasteiger partial charge is 0.462 e. The standard InChI is InChI=1S/C39H67O8P/c1-3-5-7-9-11-13-15-17-18-19-20-22-23-25-27-29-31-33-38(40)45-35-37(36-46-48(42,43)44)47-39(41)34-32-30-28-26-24-21-16-14-12-10-8-6-4-2/h6,8,10,12,14,16,21,24,26,28,37H,3-5,7,9,11,13,15,17-20,22-23,25,27,29-36H2,1-2H3,(H2,42,43,44)/b8-6+,12-10+,16-14+,24-21+,28-26+. The maximum absolute atomic E-state index is 12.3. The lowest BCUT2D eigenvalue weighted by molar-refractivity contribution is -0.161. The molecule has 9 heteroatoms. The van der Waals surface area contributed by atoms with Crippen molar-refractivity contribution in [1.82, 2.24) is 0 Å². The second kappa shape index (κ2) is 34.6. The highest BCUT2D eigenvalue weighted by atomic mass is 31.2. The van der Waals surface area contributed by atoms with E-state index in [1.807, 2.05) is 54.7 Å². The summed E-state index contributed by atoms with van der Waals surface area (Å²) in [5.74, 6) is -0.972. The third-order valence-electron chi connectivity index (χ3n) is 7.68. The van der Waals surface area contributed by atoms with Crippen molar-refractivity contribution in [2.75, 3.05) is 13.2 Å². The molecule has 0 radical (unpaired) electrons. The number of allylic oxidation sites excluding steroid dienone is 10. The van der Waals surface area contributed by atoms with E-state index >= 15 is 0 Å². The highest BCUT2D eigenvalue weighted by molar-refractivity contribution is 7.46. The average Bonchev–Trinajstić information content (AvgIpc) is 3.05. The monoisotopic (exact) mass is 694 g/mol. The van der Waals surface area contributed by atoms with Crippen LogP contribution >= 0.6 is 7.82 Å². The number of rotatable bonds is 33. The van der Waals surface area contributed by atoms with Crippen LogP contribution in [0, 0.1) is 0 Å². The number of hydrogen-bond acceptors (Lipinski definition) is 6. The minimum absolute atomic E-state index is 0.115. The fourth-order valence-corrected chi connectivity index (χ4v) is 5.29. The zero-order valence-electron chi connectivity index (χ0n) is 30.1. The normalized spacial score (nSPS) is 13.2. The van der Waals surface area contributed by atoms with E-state index in [1.165, 1.54) is 89.9 Å². The second-order valence-corrected chi connectivity index (χ2v) is 13.5. The fourth-order valence-electron chi connectivity index (χ4n) is 4.93. The number of esters is 2. The molecular formula is C39H67O8P. The van der Waals surface area contributed by atoms with E-state index in [-0.39, 0.29) is 19.4 Å². The largest absolute Gasteiger partial charge is 0.469 e. The van der Waals surface area contributed by atoms with Gasteiger partial charge in [0.2, 0.25) is 0 Å². The topological polar surface area (TPSA) is 119 Å². The predicted molar refractivity (Wildman–Crippen MR) is 197 cm³/mol. The summed E-state index contributed by atoms with van der Waals surface area (Å²) in [5, 5.41) is 0. The summed E-state index contributed by atoms with van der Waals surface area (Å²) in [6, 6.07) is 0. The Labute approximate surface area is 292 Å². The summed E-state index contributed by atoms with van der Waals surface area (Å²) in [6.45, 7) is 3.47. The molecule has 0 aromatic heterocycles. The summed E-state index contributed by atoms with van der Waals surface area (Å²) in [5.41, 5.74) is 0. The van der Waals surface area contributed by atoms with Gasteiger partial charge in [-0.3, -0.25) is 14.1 Å². The number of carbonyl (C=O) groups excluding carboxylic acids is 2. The molecule has 1 unspecified atom stereocenters. The van der Waals surface area contributed by atoms with E-state index in [4.69, 9.17) is 19.3 Å². The summed E-state index contributed by atoms with van der Waals surface area (Å²) >= 11 is 0. The van der Waals surface area contributed by atoms with Crippen LogP contribution in [0.2, 0.25) is 0 Å². The minimum Gasteiger partial charge on any atom is -0.462 e. The van der Waals surface area contributed by atoms with Gasteiger partial charge in [-0.2, -0.15) is 0 Å². The molecule has 0 amide bonds. The van der Waals surface area contributed by atoms with Crippen molar-refractivity contribution in [3.63, 3.8) is 0 Å². The molecule has 0 aliphatic heterocycles. The van der Waals surface area contributed by atoms with E-state index in [9.17, 15) is 14.2 Å². The van der Waals surface area contributed by atoms with Gasteiger partial charge in [0.05, 0.1) is 6.61 Å². The molecule has 48 heavy (non-hydrogen) atoms. The molecule has 0 rings (SSSR count). The summed E-state index contributed by atoms with van der Waals surface area (Å²) in [6.07, 6.45) is 42.4. The van der Waals surface area contributed by atoms with Crippen LogP contribution in [0.5, 0.6) is 0 Å². The third-order valence-corrected chi connectivity index (χ3v) is 8.16. The molecule has 0 aromatic carbocycles. The van der Waals surface area contributed by atoms with Gasteiger partial charge in [0.1, 0.15) is 6.61 Å². The maximum Gasteiger partial charge on any atom is 0.469 e. The van der Waals surface area contributed by atoms with Crippen molar-refractivity contribution in [1.29, 1.82) is 0 Å². The molecule has 0 fully saturated rings. The molecule has 0 saturated carbocycles. The molecule has 2 N–H and O–H groups in total. The van der Waals surface area contributed by atoms with E-state index in [2.05, 4.69) is 24.4 Å². The Morgan fingerprint density at radius 3 is 1.48 bits per heavy atom. The lowest BCUT2D eigenvalue weighted by atomic mass is 10.0. The van der Waals surface area contributed by atoms with E-state index in [0.29, 0.717) is 19.3 Å². The second-order valence-electron chi connectivity index (χ2n) is 12.3. The quantitative estimate of drug-likeness (QED) is 0.0301. The summed E-state index contributed by atoms with van der Waals surface area (Å²) in [4.78, 5) is 42.6. The van der Waals surface area contributed by atoms with Gasteiger partial charge >= 0.3 is 19.8 Å². The van der Waals surface area contributed by atoms with Crippen molar-refractivity contribution in [2.24, 2.45) is 0 Å². The van der Waals surface area contributed by atoms with Crippen molar-refractivity contribution >= 4 is 19.8 Å². The average molecular weight is 695 g/mol. The third kappa shape index (κ3) is 36.6. The van der Waals surface area contributed by atoms with Crippen molar-refractivity contribution in [2.45, 2.75) is 161 Å². The number of carbonyl (C=O) groups is 2. The fraction of sp³-hybridized carbons (Fsp3) is 0.692. The number of ether oxygens (including phenoxy) is 2. The van der Waals surface area contributed by atoms with Crippen LogP contribution in [0.1, 0.15) is 155 Å². The SMILES string of the molecule is CC/C=C/C=C/C=C/C=C/C=C/CCCC(=O)OC(COC(=O)CCCCCCCCCCCCCCCCCCC)COP(=O)(O)O. The molecular weight excluding hydrogens is 627 g/mol. The lowest BCUT2D eigenvalue weighted by Crippen LogP contribution is -2.29. The molecule has 0 saturated heterocycles. The van der Waals surface area contributed by atoms with Gasteiger partial charge in [0, 0.05) is 12.8 Å². The first-order valence-electron chi connectivity index (χ1n) is 18.6. The highest BCUT2D eigenvalue weighted by Crippen LogP contribution is 2.36. The molecule has 0 heterocycles. The van der Waals surface area contributed by atoms with Crippen LogP contribution in [0.3, 0.4) is 0 Å². The van der Waals surface area contributed by atoms with Gasteiger partial charge in [0.25, 0.3) is 0 Å². The first-order chi connectivity index (χ1) is 23.3. The van der Waals surface area contributed by atoms with E-state index in [1.54, 1.807) is 0 Å². The molecule has 1 atom stereocenters. The van der Waals surface area contributed by atoms with Gasteiger partial charge in [-0.05, 0) is 25.7 Å². The zero-order chi connectivity index (χ0) is 35.4. The van der Waals surface area contributed by atoms with Gasteiger partial charge in [0.15, 0.2) is 6.10 Å². The number of hydrogen-bond donors (Lipinski definition) is 2. The summed E-state index contributed by atoms with van der Waals surface area (Å²) < 4.78 is 26.2. The Hall–Kier alpha value is -2.25. The van der Waals surface area contributed by atoms with Crippen LogP contribution in [0.25, 0.3) is 0 Å². The molecule has 0 aromatic rings. The minimum atomic E-state index is -4.77. The van der Waals surface area contributed by atoms with Crippen molar-refractivity contribution in [3.05, 3.63) is 60.8 Å². The van der Waals surface area contributed by atoms with Crippen LogP contribution in [-0.2, 0) is 28.2 Å². The van der Waals surface area contributed by atoms with Crippen LogP contribution in [0.4, 0.5) is 0 Å². The molecule has 0 aliphatic rings. The Kier molecular flexibility index (Phi) is 33.0. The Balaban J connectivity index is 4.04. The van der Waals surface area contributed by atoms with Gasteiger partial charge in [-0.15, -0.1) is 0 Å². The molecule has 0 bridgehead atoms. The van der Waals surface area contributed by atoms with Gasteiger partial charge < -0.3 is 19.3 Å². The molecule has 0 aliphatic carbocycles. The van der Waals surface area contributed by atoms with Gasteiger partial charge in [-0.25, -0.2) is 4.57 Å². The first kappa shape index (κ1) is 45.8. The van der Waals surface area contributed by atoms with Crippen molar-refractivity contribution in [3.8, 4) is 0 Å². The van der Waals surface area contributed by atoms with Crippen molar-refractivity contribution < 1.29 is 37.9 Å². The Morgan fingerprint density at radius 2 is 1.00 bits per heavy atom. The van der Waals surface area contributed by atoms with Gasteiger partial charge in [-0.1, -0.05) is 177 Å². The molecule has 8 nitrogen and oxygen atoms in total. The zero-order valence-corrected chi connectivity index (χ0v) is 31.0. The predicted octanol–water partition coefficient (Wildman–Crippen LogP) is 11.0. The number of phosphoric acid groups is 1. The number of unbranched alkanes of at least 4 members (excludes halogenated alkanes) is 17. The highest BCUT2D eigenvalue weighted by Gasteiger charge is 2.22. The first-order valence-corrected chi connectivity index (χ1v) is 20.2. The molecule has 0 spiro atoms. The maximum atomic E-state index is 12.3. The Bertz CT molecular complexity index is 963. The Morgan fingerprint density at radius 1 is 0.562 bits per heavy atom. The molecule has 276 valence electrons. The van der Waals surface area contributed by atoms with E-state index < -0.39 is 32.5 Å². The number of phosphoric ester groups is 1. The van der Waals surface area contributed by atoms with Crippen LogP contribution < -0.4 is 0 Å². The summed E-state index contributed by atoms with van der Waals surface area (Å²) in [7, 11) is -4.77. The van der Waals surface area contributed by atoms with Crippen LogP contribution in [-0.4, -0.2) is 41.0 Å².